The molecule has 0 radical (unpaired) electrons. The van der Waals surface area contributed by atoms with Gasteiger partial charge in [0.25, 0.3) is 5.91 Å². The smallest absolute Gasteiger partial charge is 0.412 e. The van der Waals surface area contributed by atoms with E-state index in [1.165, 1.54) is 23.5 Å². The van der Waals surface area contributed by atoms with Crippen LogP contribution in [0.25, 0.3) is 0 Å². The minimum Gasteiger partial charge on any atom is -0.550 e. The zero-order valence-corrected chi connectivity index (χ0v) is 19.7. The van der Waals surface area contributed by atoms with Crippen molar-refractivity contribution in [2.24, 2.45) is 0 Å². The third-order valence-electron chi connectivity index (χ3n) is 5.18. The van der Waals surface area contributed by atoms with Crippen LogP contribution in [0.3, 0.4) is 0 Å². The Morgan fingerprint density at radius 2 is 1.81 bits per heavy atom. The van der Waals surface area contributed by atoms with E-state index < -0.39 is 42.7 Å². The summed E-state index contributed by atoms with van der Waals surface area (Å²) in [5, 5.41) is 27.8. The van der Waals surface area contributed by atoms with Gasteiger partial charge in [0, 0.05) is 57.2 Å². The van der Waals surface area contributed by atoms with Crippen LogP contribution in [0.5, 0.6) is 0 Å². The van der Waals surface area contributed by atoms with Crippen molar-refractivity contribution >= 4 is 41.4 Å². The highest BCUT2D eigenvalue weighted by molar-refractivity contribution is 6.30. The van der Waals surface area contributed by atoms with E-state index in [2.05, 4.69) is 19.9 Å². The second-order valence-corrected chi connectivity index (χ2v) is 8.17. The molecule has 1 fully saturated rings. The summed E-state index contributed by atoms with van der Waals surface area (Å²) in [6, 6.07) is 3.20. The second kappa shape index (κ2) is 11.7. The number of aliphatic hydroxyl groups excluding tert-OH is 1. The molecule has 0 bridgehead atoms. The molecule has 0 aromatic carbocycles. The van der Waals surface area contributed by atoms with Crippen molar-refractivity contribution in [2.75, 3.05) is 38.1 Å². The quantitative estimate of drug-likeness (QED) is 0.448. The first-order chi connectivity index (χ1) is 17.1. The predicted molar refractivity (Wildman–Crippen MR) is 117 cm³/mol. The third-order valence-corrected chi connectivity index (χ3v) is 5.40. The van der Waals surface area contributed by atoms with Crippen LogP contribution in [0, 0.1) is 0 Å². The first kappa shape index (κ1) is 26.7. The molecule has 0 saturated carbocycles. The maximum atomic E-state index is 12.8. The Labute approximate surface area is 209 Å². The maximum Gasteiger partial charge on any atom is 0.412 e. The summed E-state index contributed by atoms with van der Waals surface area (Å²) in [5.41, 5.74) is 0.437. The van der Waals surface area contributed by atoms with E-state index in [0.29, 0.717) is 29.6 Å². The number of piperazine rings is 1. The van der Waals surface area contributed by atoms with E-state index in [1.807, 2.05) is 7.05 Å². The number of hydrogen-bond acceptors (Lipinski definition) is 12. The first-order valence-corrected chi connectivity index (χ1v) is 10.9. The molecule has 36 heavy (non-hydrogen) atoms. The Morgan fingerprint density at radius 1 is 1.14 bits per heavy atom. The fraction of sp³-hybridized carbons (Fsp3) is 0.381. The van der Waals surface area contributed by atoms with E-state index >= 15 is 0 Å². The molecule has 14 nitrogen and oxygen atoms in total. The highest BCUT2D eigenvalue weighted by atomic mass is 35.5. The molecule has 2 aromatic heterocycles. The molecule has 0 spiro atoms. The number of ether oxygens (including phenoxy) is 1. The third kappa shape index (κ3) is 6.41. The van der Waals surface area contributed by atoms with E-state index in [9.17, 15) is 29.4 Å². The molecule has 4 heterocycles. The topological polar surface area (TPSA) is 192 Å². The van der Waals surface area contributed by atoms with Crippen LogP contribution >= 0.6 is 11.6 Å². The second-order valence-electron chi connectivity index (χ2n) is 7.74. The summed E-state index contributed by atoms with van der Waals surface area (Å²) in [7, 11) is 2.00. The number of carboxylic acids is 2. The lowest BCUT2D eigenvalue weighted by Crippen LogP contribution is -2.48. The Hall–Kier alpha value is -3.88. The lowest BCUT2D eigenvalue weighted by Gasteiger charge is -2.33. The molecule has 2 aliphatic rings. The Balaban J connectivity index is 0.000000345. The highest BCUT2D eigenvalue weighted by Gasteiger charge is 2.44. The number of carbonyl (C=O) groups is 4. The van der Waals surface area contributed by atoms with Gasteiger partial charge in [-0.25, -0.2) is 19.7 Å². The van der Waals surface area contributed by atoms with Gasteiger partial charge in [0.1, 0.15) is 11.5 Å². The zero-order chi connectivity index (χ0) is 26.4. The van der Waals surface area contributed by atoms with Gasteiger partial charge in [0.2, 0.25) is 6.23 Å². The number of amides is 2. The lowest BCUT2D eigenvalue weighted by atomic mass is 10.3. The summed E-state index contributed by atoms with van der Waals surface area (Å²) in [6.45, 7) is 2.64. The van der Waals surface area contributed by atoms with Crippen molar-refractivity contribution in [3.63, 3.8) is 0 Å². The predicted octanol–water partition coefficient (Wildman–Crippen LogP) is -2.19. The van der Waals surface area contributed by atoms with Gasteiger partial charge in [0.15, 0.2) is 5.69 Å². The van der Waals surface area contributed by atoms with Crippen LogP contribution in [0.4, 0.5) is 10.6 Å². The van der Waals surface area contributed by atoms with Gasteiger partial charge >= 0.3 is 6.09 Å². The normalized spacial score (nSPS) is 18.1. The molecule has 2 aliphatic heterocycles. The number of anilines is 1. The zero-order valence-electron chi connectivity index (χ0n) is 18.9. The first-order valence-electron chi connectivity index (χ1n) is 10.6. The number of pyridine rings is 1. The van der Waals surface area contributed by atoms with E-state index in [4.69, 9.17) is 21.4 Å². The van der Waals surface area contributed by atoms with Crippen LogP contribution in [0.15, 0.2) is 30.7 Å². The summed E-state index contributed by atoms with van der Waals surface area (Å²) in [4.78, 5) is 62.1. The van der Waals surface area contributed by atoms with Crippen LogP contribution in [0.1, 0.15) is 28.8 Å². The van der Waals surface area contributed by atoms with Crippen molar-refractivity contribution in [3.05, 3.63) is 47.1 Å². The van der Waals surface area contributed by atoms with Crippen molar-refractivity contribution in [1.82, 2.24) is 24.8 Å². The van der Waals surface area contributed by atoms with E-state index in [0.717, 1.165) is 13.1 Å². The molecule has 2 atom stereocenters. The number of carboxylic acid groups (broad SMARTS) is 2. The Morgan fingerprint density at radius 3 is 2.36 bits per heavy atom. The summed E-state index contributed by atoms with van der Waals surface area (Å²) >= 11 is 5.89. The molecule has 2 amide bonds. The van der Waals surface area contributed by atoms with Gasteiger partial charge in [-0.05, 0) is 19.2 Å². The number of aliphatic carboxylic acids is 2. The van der Waals surface area contributed by atoms with Gasteiger partial charge in [-0.1, -0.05) is 11.6 Å². The summed E-state index contributed by atoms with van der Waals surface area (Å²) < 4.78 is 5.68. The fourth-order valence-corrected chi connectivity index (χ4v) is 3.39. The van der Waals surface area contributed by atoms with Gasteiger partial charge in [0.05, 0.1) is 17.1 Å². The molecule has 1 unspecified atom stereocenters. The molecule has 192 valence electrons. The monoisotopic (exact) mass is 520 g/mol. The van der Waals surface area contributed by atoms with Crippen LogP contribution in [0.2, 0.25) is 5.02 Å². The number of aromatic nitrogens is 3. The number of likely N-dealkylation sites (N-methyl/N-ethyl adjacent to an activating group) is 1. The Kier molecular flexibility index (Phi) is 8.68. The van der Waals surface area contributed by atoms with Crippen LogP contribution < -0.4 is 15.1 Å². The number of halogens is 1. The van der Waals surface area contributed by atoms with Crippen molar-refractivity contribution in [2.45, 2.75) is 18.8 Å². The van der Waals surface area contributed by atoms with Crippen LogP contribution in [-0.4, -0.2) is 93.1 Å². The number of fused-ring (bicyclic) bond motifs is 1. The van der Waals surface area contributed by atoms with Gasteiger partial charge in [-0.3, -0.25) is 9.78 Å². The number of nitrogens with zero attached hydrogens (tertiary/aromatic N) is 6. The molecule has 1 N–H and O–H groups in total. The molecular weight excluding hydrogens is 500 g/mol. The molecule has 2 aromatic rings. The SMILES string of the molecule is CN1CCN(C(=O)O[C@H]2c3nccnc3C(=O)N2c2ccc(Cl)cn2)CC1.O=C([O-])CC(O)C(=O)[O-]. The van der Waals surface area contributed by atoms with Crippen LogP contribution in [-0.2, 0) is 14.3 Å². The molecule has 1 saturated heterocycles. The number of hydrogen-bond donors (Lipinski definition) is 1. The average Bonchev–Trinajstić information content (AvgIpc) is 3.11. The molecule has 4 rings (SSSR count). The minimum absolute atomic E-state index is 0.144. The van der Waals surface area contributed by atoms with Crippen molar-refractivity contribution in [1.29, 1.82) is 0 Å². The van der Waals surface area contributed by atoms with E-state index in [-0.39, 0.29) is 5.69 Å². The highest BCUT2D eigenvalue weighted by Crippen LogP contribution is 2.35. The molecule has 15 heteroatoms. The minimum atomic E-state index is -1.96. The van der Waals surface area contributed by atoms with Crippen molar-refractivity contribution < 1.29 is 39.2 Å². The van der Waals surface area contributed by atoms with Gasteiger partial charge < -0.3 is 39.4 Å². The lowest BCUT2D eigenvalue weighted by molar-refractivity contribution is -0.323. The van der Waals surface area contributed by atoms with Crippen molar-refractivity contribution in [3.8, 4) is 0 Å². The summed E-state index contributed by atoms with van der Waals surface area (Å²) in [6.07, 6.45) is -0.109. The fourth-order valence-electron chi connectivity index (χ4n) is 3.28. The number of rotatable bonds is 5. The summed E-state index contributed by atoms with van der Waals surface area (Å²) in [5.74, 6) is -3.55. The maximum absolute atomic E-state index is 12.8. The van der Waals surface area contributed by atoms with E-state index in [1.54, 1.807) is 17.0 Å². The molecular formula is C21H21ClN6O8-2. The number of carbonyl (C=O) groups excluding carboxylic acids is 4. The largest absolute Gasteiger partial charge is 0.550 e. The number of aliphatic hydroxyl groups is 1. The molecule has 0 aliphatic carbocycles. The Bertz CT molecular complexity index is 1130. The standard InChI is InChI=1S/C17H17ClN6O3.C4H6O5/c1-22-6-8-23(9-7-22)17(26)27-16-14-13(19-4-5-20-14)15(25)24(16)12-3-2-11(18)10-21-12;5-2(4(8)9)1-3(6)7/h2-5,10,16H,6-9H2,1H3;2,5H,1H2,(H,6,7)(H,8,9)/p-2/t16-;/m0./s1. The van der Waals surface area contributed by atoms with Gasteiger partial charge in [-0.2, -0.15) is 0 Å². The average molecular weight is 521 g/mol. The van der Waals surface area contributed by atoms with Gasteiger partial charge in [-0.15, -0.1) is 0 Å².